The molecular weight excluding hydrogens is 206 g/mol. The van der Waals surface area contributed by atoms with Crippen molar-refractivity contribution in [3.8, 4) is 5.75 Å². The zero-order valence-electron chi connectivity index (χ0n) is 9.73. The minimum atomic E-state index is -0.860. The Morgan fingerprint density at radius 1 is 1.38 bits per heavy atom. The van der Waals surface area contributed by atoms with Crippen molar-refractivity contribution in [3.05, 3.63) is 24.3 Å². The number of hydrogen-bond donors (Lipinski definition) is 2. The van der Waals surface area contributed by atoms with Gasteiger partial charge in [-0.05, 0) is 18.1 Å². The Bertz CT molecular complexity index is 363. The second-order valence-electron chi connectivity index (χ2n) is 3.90. The fourth-order valence-electron chi connectivity index (χ4n) is 1.44. The zero-order chi connectivity index (χ0) is 12.1. The summed E-state index contributed by atoms with van der Waals surface area (Å²) in [5.74, 6) is -0.210. The highest BCUT2D eigenvalue weighted by atomic mass is 16.5. The second-order valence-corrected chi connectivity index (χ2v) is 3.90. The van der Waals surface area contributed by atoms with Crippen LogP contribution in [-0.2, 0) is 4.79 Å². The van der Waals surface area contributed by atoms with E-state index in [-0.39, 0.29) is 5.92 Å². The molecule has 4 nitrogen and oxygen atoms in total. The molecule has 0 radical (unpaired) electrons. The molecule has 16 heavy (non-hydrogen) atoms. The Kier molecular flexibility index (Phi) is 4.17. The highest BCUT2D eigenvalue weighted by molar-refractivity contribution is 5.78. The van der Waals surface area contributed by atoms with Gasteiger partial charge in [0.2, 0.25) is 0 Å². The fraction of sp³-hybridized carbons (Fsp3) is 0.417. The third-order valence-electron chi connectivity index (χ3n) is 2.35. The van der Waals surface area contributed by atoms with Crippen molar-refractivity contribution < 1.29 is 14.6 Å². The van der Waals surface area contributed by atoms with Gasteiger partial charge in [0.15, 0.2) is 0 Å². The van der Waals surface area contributed by atoms with Crippen LogP contribution in [0.15, 0.2) is 24.3 Å². The van der Waals surface area contributed by atoms with Crippen LogP contribution in [0.3, 0.4) is 0 Å². The lowest BCUT2D eigenvalue weighted by Crippen LogP contribution is -2.34. The monoisotopic (exact) mass is 223 g/mol. The number of methoxy groups -OCH3 is 1. The van der Waals surface area contributed by atoms with Crippen LogP contribution >= 0.6 is 0 Å². The molecule has 2 N–H and O–H groups in total. The van der Waals surface area contributed by atoms with Crippen molar-refractivity contribution in [2.24, 2.45) is 5.92 Å². The van der Waals surface area contributed by atoms with E-state index in [0.717, 1.165) is 0 Å². The van der Waals surface area contributed by atoms with E-state index in [2.05, 4.69) is 5.32 Å². The maximum Gasteiger partial charge on any atom is 0.326 e. The first-order chi connectivity index (χ1) is 7.56. The lowest BCUT2D eigenvalue weighted by molar-refractivity contribution is -0.138. The van der Waals surface area contributed by atoms with E-state index in [1.807, 2.05) is 26.0 Å². The van der Waals surface area contributed by atoms with Gasteiger partial charge >= 0.3 is 5.97 Å². The lowest BCUT2D eigenvalue weighted by atomic mass is 10.0. The van der Waals surface area contributed by atoms with Crippen molar-refractivity contribution in [2.75, 3.05) is 12.4 Å². The first-order valence-electron chi connectivity index (χ1n) is 5.18. The summed E-state index contributed by atoms with van der Waals surface area (Å²) in [6.07, 6.45) is 0. The van der Waals surface area contributed by atoms with Crippen LogP contribution in [0.2, 0.25) is 0 Å². The quantitative estimate of drug-likeness (QED) is 0.803. The molecule has 0 spiro atoms. The van der Waals surface area contributed by atoms with Crippen LogP contribution in [-0.4, -0.2) is 24.2 Å². The molecule has 1 aromatic carbocycles. The van der Waals surface area contributed by atoms with Crippen LogP contribution < -0.4 is 10.1 Å². The van der Waals surface area contributed by atoms with Gasteiger partial charge in [-0.3, -0.25) is 0 Å². The molecule has 0 amide bonds. The number of para-hydroxylation sites is 2. The van der Waals surface area contributed by atoms with Gasteiger partial charge in [-0.15, -0.1) is 0 Å². The first kappa shape index (κ1) is 12.4. The molecule has 1 atom stereocenters. The average Bonchev–Trinajstić information content (AvgIpc) is 2.25. The van der Waals surface area contributed by atoms with Gasteiger partial charge < -0.3 is 15.2 Å². The molecule has 0 bridgehead atoms. The predicted octanol–water partition coefficient (Wildman–Crippen LogP) is 2.22. The van der Waals surface area contributed by atoms with E-state index in [0.29, 0.717) is 11.4 Å². The van der Waals surface area contributed by atoms with Crippen molar-refractivity contribution in [3.63, 3.8) is 0 Å². The summed E-state index contributed by atoms with van der Waals surface area (Å²) in [4.78, 5) is 11.0. The summed E-state index contributed by atoms with van der Waals surface area (Å²) >= 11 is 0. The van der Waals surface area contributed by atoms with Gasteiger partial charge in [0.25, 0.3) is 0 Å². The van der Waals surface area contributed by atoms with Crippen molar-refractivity contribution in [1.82, 2.24) is 0 Å². The summed E-state index contributed by atoms with van der Waals surface area (Å²) in [6.45, 7) is 3.72. The van der Waals surface area contributed by atoms with Gasteiger partial charge in [-0.25, -0.2) is 4.79 Å². The smallest absolute Gasteiger partial charge is 0.326 e. The zero-order valence-corrected chi connectivity index (χ0v) is 9.73. The summed E-state index contributed by atoms with van der Waals surface area (Å²) in [5, 5.41) is 12.0. The molecule has 0 unspecified atom stereocenters. The Morgan fingerprint density at radius 3 is 2.50 bits per heavy atom. The van der Waals surface area contributed by atoms with Crippen molar-refractivity contribution in [2.45, 2.75) is 19.9 Å². The Hall–Kier alpha value is -1.71. The van der Waals surface area contributed by atoms with E-state index in [4.69, 9.17) is 9.84 Å². The van der Waals surface area contributed by atoms with Crippen molar-refractivity contribution in [1.29, 1.82) is 0 Å². The number of carboxylic acids is 1. The molecule has 0 heterocycles. The third kappa shape index (κ3) is 2.89. The maximum atomic E-state index is 11.0. The second kappa shape index (κ2) is 5.39. The van der Waals surface area contributed by atoms with E-state index in [1.165, 1.54) is 0 Å². The van der Waals surface area contributed by atoms with Gasteiger partial charge in [-0.1, -0.05) is 26.0 Å². The standard InChI is InChI=1S/C12H17NO3/c1-8(2)11(12(14)15)13-9-6-4-5-7-10(9)16-3/h4-8,11,13H,1-3H3,(H,14,15)/t11-/m0/s1. The number of rotatable bonds is 5. The SMILES string of the molecule is COc1ccccc1N[C@H](C(=O)O)C(C)C. The summed E-state index contributed by atoms with van der Waals surface area (Å²) in [5.41, 5.74) is 0.700. The highest BCUT2D eigenvalue weighted by Gasteiger charge is 2.21. The Balaban J connectivity index is 2.89. The van der Waals surface area contributed by atoms with Gasteiger partial charge in [-0.2, -0.15) is 0 Å². The first-order valence-corrected chi connectivity index (χ1v) is 5.18. The molecule has 0 saturated heterocycles. The number of benzene rings is 1. The third-order valence-corrected chi connectivity index (χ3v) is 2.35. The molecule has 4 heteroatoms. The molecular formula is C12H17NO3. The molecule has 0 aliphatic heterocycles. The number of carboxylic acid groups (broad SMARTS) is 1. The number of hydrogen-bond acceptors (Lipinski definition) is 3. The number of nitrogens with one attached hydrogen (secondary N) is 1. The molecule has 0 aliphatic rings. The highest BCUT2D eigenvalue weighted by Crippen LogP contribution is 2.25. The summed E-state index contributed by atoms with van der Waals surface area (Å²) in [7, 11) is 1.56. The minimum absolute atomic E-state index is 0.00223. The Morgan fingerprint density at radius 2 is 2.00 bits per heavy atom. The minimum Gasteiger partial charge on any atom is -0.495 e. The lowest BCUT2D eigenvalue weighted by Gasteiger charge is -2.20. The van der Waals surface area contributed by atoms with Crippen LogP contribution in [0, 0.1) is 5.92 Å². The van der Waals surface area contributed by atoms with Crippen LogP contribution in [0.25, 0.3) is 0 Å². The average molecular weight is 223 g/mol. The molecule has 88 valence electrons. The van der Waals surface area contributed by atoms with E-state index >= 15 is 0 Å². The van der Waals surface area contributed by atoms with Crippen molar-refractivity contribution >= 4 is 11.7 Å². The molecule has 0 fully saturated rings. The van der Waals surface area contributed by atoms with Crippen LogP contribution in [0.1, 0.15) is 13.8 Å². The summed E-state index contributed by atoms with van der Waals surface area (Å²) < 4.78 is 5.15. The van der Waals surface area contributed by atoms with E-state index in [1.54, 1.807) is 19.2 Å². The molecule has 0 saturated carbocycles. The number of carbonyl (C=O) groups is 1. The van der Waals surface area contributed by atoms with Gasteiger partial charge in [0, 0.05) is 0 Å². The summed E-state index contributed by atoms with van der Waals surface area (Å²) in [6, 6.07) is 6.66. The maximum absolute atomic E-state index is 11.0. The molecule has 1 rings (SSSR count). The van der Waals surface area contributed by atoms with E-state index < -0.39 is 12.0 Å². The van der Waals surface area contributed by atoms with Gasteiger partial charge in [0.05, 0.1) is 12.8 Å². The normalized spacial score (nSPS) is 12.2. The fourth-order valence-corrected chi connectivity index (χ4v) is 1.44. The van der Waals surface area contributed by atoms with Crippen LogP contribution in [0.4, 0.5) is 5.69 Å². The predicted molar refractivity (Wildman–Crippen MR) is 62.9 cm³/mol. The van der Waals surface area contributed by atoms with E-state index in [9.17, 15) is 4.79 Å². The Labute approximate surface area is 95.2 Å². The van der Waals surface area contributed by atoms with Crippen LogP contribution in [0.5, 0.6) is 5.75 Å². The molecule has 0 aliphatic carbocycles. The number of ether oxygens (including phenoxy) is 1. The topological polar surface area (TPSA) is 58.6 Å². The number of aliphatic carboxylic acids is 1. The molecule has 1 aromatic rings. The number of anilines is 1. The molecule has 0 aromatic heterocycles. The largest absolute Gasteiger partial charge is 0.495 e. The van der Waals surface area contributed by atoms with Gasteiger partial charge in [0.1, 0.15) is 11.8 Å².